The van der Waals surface area contributed by atoms with E-state index in [9.17, 15) is 9.59 Å². The van der Waals surface area contributed by atoms with Crippen LogP contribution in [0.2, 0.25) is 0 Å². The fraction of sp³-hybridized carbons (Fsp3) is 0.667. The highest BCUT2D eigenvalue weighted by Gasteiger charge is 2.45. The van der Waals surface area contributed by atoms with E-state index >= 15 is 0 Å². The maximum absolute atomic E-state index is 13.0. The van der Waals surface area contributed by atoms with Gasteiger partial charge in [-0.05, 0) is 33.1 Å². The second kappa shape index (κ2) is 8.53. The highest BCUT2D eigenvalue weighted by molar-refractivity contribution is 7.13. The van der Waals surface area contributed by atoms with Gasteiger partial charge in [-0.2, -0.15) is 0 Å². The lowest BCUT2D eigenvalue weighted by Crippen LogP contribution is -2.45. The third-order valence-corrected chi connectivity index (χ3v) is 7.66. The molecular weight excluding hydrogens is 432 g/mol. The van der Waals surface area contributed by atoms with Crippen LogP contribution >= 0.6 is 11.3 Å². The van der Waals surface area contributed by atoms with Crippen LogP contribution < -0.4 is 5.32 Å². The first-order valence-corrected chi connectivity index (χ1v) is 11.9. The number of ether oxygens (including phenoxy) is 2. The van der Waals surface area contributed by atoms with E-state index in [4.69, 9.17) is 9.47 Å². The van der Waals surface area contributed by atoms with Crippen LogP contribution in [0.3, 0.4) is 0 Å². The highest BCUT2D eigenvalue weighted by Crippen LogP contribution is 2.34. The molecule has 5 heterocycles. The Morgan fingerprint density at radius 3 is 2.81 bits per heavy atom. The van der Waals surface area contributed by atoms with Gasteiger partial charge >= 0.3 is 0 Å². The Morgan fingerprint density at radius 2 is 2.06 bits per heavy atom. The minimum Gasteiger partial charge on any atom is -0.381 e. The molecule has 3 aliphatic rings. The van der Waals surface area contributed by atoms with Gasteiger partial charge in [0.2, 0.25) is 5.91 Å². The summed E-state index contributed by atoms with van der Waals surface area (Å²) in [4.78, 5) is 32.4. The molecule has 3 aliphatic heterocycles. The minimum atomic E-state index is -0.452. The Morgan fingerprint density at radius 1 is 1.25 bits per heavy atom. The number of nitrogens with one attached hydrogen (secondary N) is 1. The molecule has 2 aromatic rings. The molecular formula is C21H28N6O4S. The molecule has 1 spiro atoms. The molecule has 1 atom stereocenters. The molecule has 11 heteroatoms. The van der Waals surface area contributed by atoms with Crippen LogP contribution in [0.1, 0.15) is 51.0 Å². The number of nitrogens with zero attached hydrogens (tertiary/aromatic N) is 5. The molecule has 0 bridgehead atoms. The summed E-state index contributed by atoms with van der Waals surface area (Å²) in [7, 11) is 0. The summed E-state index contributed by atoms with van der Waals surface area (Å²) < 4.78 is 13.5. The number of amides is 2. The summed E-state index contributed by atoms with van der Waals surface area (Å²) in [5.41, 5.74) is 1.96. The summed E-state index contributed by atoms with van der Waals surface area (Å²) in [6.07, 6.45) is 2.27. The molecule has 5 rings (SSSR count). The molecule has 0 radical (unpaired) electrons. The standard InChI is InChI=1S/C21H28N6O4S/c1-13-18(32-14(2)23-13)20(29)26-6-5-21(11-26)12-27-17(10-31-21)16(24-25-27)9-22-19(28)15-3-7-30-8-4-15/h15H,3-12H2,1-2H3,(H,22,28). The Balaban J connectivity index is 1.21. The van der Waals surface area contributed by atoms with E-state index < -0.39 is 5.60 Å². The van der Waals surface area contributed by atoms with E-state index in [0.29, 0.717) is 50.9 Å². The molecule has 1 N–H and O–H groups in total. The number of hydrogen-bond acceptors (Lipinski definition) is 8. The SMILES string of the molecule is Cc1nc(C)c(C(=O)N2CCC3(C2)Cn2nnc(CNC(=O)C4CCOCC4)c2CO3)s1. The Kier molecular flexibility index (Phi) is 5.72. The van der Waals surface area contributed by atoms with Gasteiger partial charge < -0.3 is 19.7 Å². The van der Waals surface area contributed by atoms with Gasteiger partial charge in [0, 0.05) is 25.7 Å². The molecule has 1 unspecified atom stereocenters. The number of aryl methyl sites for hydroxylation is 2. The van der Waals surface area contributed by atoms with Crippen molar-refractivity contribution in [1.82, 2.24) is 30.2 Å². The number of carbonyl (C=O) groups is 2. The number of rotatable bonds is 4. The Labute approximate surface area is 190 Å². The summed E-state index contributed by atoms with van der Waals surface area (Å²) in [5, 5.41) is 12.5. The van der Waals surface area contributed by atoms with Crippen LogP contribution in [0.15, 0.2) is 0 Å². The van der Waals surface area contributed by atoms with E-state index in [1.807, 2.05) is 23.4 Å². The van der Waals surface area contributed by atoms with Crippen LogP contribution in [0, 0.1) is 19.8 Å². The molecule has 32 heavy (non-hydrogen) atoms. The van der Waals surface area contributed by atoms with Crippen LogP contribution in [0.5, 0.6) is 0 Å². The fourth-order valence-corrected chi connectivity index (χ4v) is 5.63. The van der Waals surface area contributed by atoms with Crippen molar-refractivity contribution in [1.29, 1.82) is 0 Å². The molecule has 172 valence electrons. The quantitative estimate of drug-likeness (QED) is 0.730. The summed E-state index contributed by atoms with van der Waals surface area (Å²) in [6.45, 7) is 7.50. The molecule has 0 aromatic carbocycles. The van der Waals surface area contributed by atoms with Gasteiger partial charge in [-0.1, -0.05) is 5.21 Å². The molecule has 2 fully saturated rings. The first-order valence-electron chi connectivity index (χ1n) is 11.1. The fourth-order valence-electron chi connectivity index (χ4n) is 4.74. The van der Waals surface area contributed by atoms with Crippen molar-refractivity contribution in [3.05, 3.63) is 27.0 Å². The van der Waals surface area contributed by atoms with Crippen molar-refractivity contribution in [3.63, 3.8) is 0 Å². The smallest absolute Gasteiger partial charge is 0.265 e. The number of likely N-dealkylation sites (tertiary alicyclic amines) is 1. The molecule has 0 aliphatic carbocycles. The first kappa shape index (κ1) is 21.5. The van der Waals surface area contributed by atoms with Gasteiger partial charge in [-0.15, -0.1) is 16.4 Å². The van der Waals surface area contributed by atoms with Crippen molar-refractivity contribution in [2.45, 2.75) is 58.4 Å². The number of thiazole rings is 1. The molecule has 0 saturated carbocycles. The van der Waals surface area contributed by atoms with E-state index in [-0.39, 0.29) is 17.7 Å². The van der Waals surface area contributed by atoms with Gasteiger partial charge in [0.15, 0.2) is 0 Å². The lowest BCUT2D eigenvalue weighted by atomic mass is 9.99. The normalized spacial score (nSPS) is 23.5. The number of hydrogen-bond donors (Lipinski definition) is 1. The van der Waals surface area contributed by atoms with Crippen molar-refractivity contribution in [3.8, 4) is 0 Å². The number of carbonyl (C=O) groups excluding carboxylic acids is 2. The third-order valence-electron chi connectivity index (χ3n) is 6.59. The third kappa shape index (κ3) is 4.04. The van der Waals surface area contributed by atoms with E-state index in [1.165, 1.54) is 11.3 Å². The zero-order valence-corrected chi connectivity index (χ0v) is 19.2. The maximum Gasteiger partial charge on any atom is 0.265 e. The molecule has 2 aromatic heterocycles. The zero-order chi connectivity index (χ0) is 22.3. The monoisotopic (exact) mass is 460 g/mol. The van der Waals surface area contributed by atoms with E-state index in [0.717, 1.165) is 41.4 Å². The first-order chi connectivity index (χ1) is 15.4. The average Bonchev–Trinajstić information content (AvgIpc) is 3.49. The van der Waals surface area contributed by atoms with E-state index in [1.54, 1.807) is 0 Å². The van der Waals surface area contributed by atoms with Crippen LogP contribution in [0.25, 0.3) is 0 Å². The topological polar surface area (TPSA) is 111 Å². The van der Waals surface area contributed by atoms with Crippen LogP contribution in [-0.4, -0.2) is 68.6 Å². The second-order valence-corrected chi connectivity index (χ2v) is 10.0. The van der Waals surface area contributed by atoms with Gasteiger partial charge in [0.05, 0.1) is 42.6 Å². The number of fused-ring (bicyclic) bond motifs is 1. The summed E-state index contributed by atoms with van der Waals surface area (Å²) in [5.74, 6) is 0.0684. The predicted molar refractivity (Wildman–Crippen MR) is 115 cm³/mol. The zero-order valence-electron chi connectivity index (χ0n) is 18.4. The van der Waals surface area contributed by atoms with Crippen molar-refractivity contribution >= 4 is 23.2 Å². The largest absolute Gasteiger partial charge is 0.381 e. The van der Waals surface area contributed by atoms with Crippen molar-refractivity contribution in [2.24, 2.45) is 5.92 Å². The maximum atomic E-state index is 13.0. The van der Waals surface area contributed by atoms with Gasteiger partial charge in [0.25, 0.3) is 5.91 Å². The average molecular weight is 461 g/mol. The summed E-state index contributed by atoms with van der Waals surface area (Å²) >= 11 is 1.44. The van der Waals surface area contributed by atoms with Crippen molar-refractivity contribution in [2.75, 3.05) is 26.3 Å². The molecule has 2 amide bonds. The molecule has 2 saturated heterocycles. The van der Waals surface area contributed by atoms with Crippen molar-refractivity contribution < 1.29 is 19.1 Å². The van der Waals surface area contributed by atoms with Gasteiger partial charge in [-0.3, -0.25) is 9.59 Å². The second-order valence-electron chi connectivity index (χ2n) is 8.84. The Bertz CT molecular complexity index is 1030. The lowest BCUT2D eigenvalue weighted by Gasteiger charge is -2.33. The van der Waals surface area contributed by atoms with Gasteiger partial charge in [0.1, 0.15) is 16.2 Å². The highest BCUT2D eigenvalue weighted by atomic mass is 32.1. The predicted octanol–water partition coefficient (Wildman–Crippen LogP) is 1.21. The Hall–Kier alpha value is -2.37. The van der Waals surface area contributed by atoms with Crippen LogP contribution in [-0.2, 0) is 34.0 Å². The van der Waals surface area contributed by atoms with Crippen LogP contribution in [0.4, 0.5) is 0 Å². The van der Waals surface area contributed by atoms with E-state index in [2.05, 4.69) is 20.6 Å². The summed E-state index contributed by atoms with van der Waals surface area (Å²) in [6, 6.07) is 0. The minimum absolute atomic E-state index is 0.00245. The lowest BCUT2D eigenvalue weighted by molar-refractivity contribution is -0.128. The van der Waals surface area contributed by atoms with Gasteiger partial charge in [-0.25, -0.2) is 9.67 Å². The molecule has 10 nitrogen and oxygen atoms in total. The number of aromatic nitrogens is 4.